The fourth-order valence-corrected chi connectivity index (χ4v) is 3.59. The molecule has 1 amide bonds. The molecule has 6 nitrogen and oxygen atoms in total. The van der Waals surface area contributed by atoms with Gasteiger partial charge in [-0.05, 0) is 17.2 Å². The number of H-pyrrole nitrogens is 1. The zero-order chi connectivity index (χ0) is 16.5. The van der Waals surface area contributed by atoms with Crippen molar-refractivity contribution >= 4 is 5.91 Å². The Bertz CT molecular complexity index is 729. The number of nitrogens with one attached hydrogen (secondary N) is 1. The van der Waals surface area contributed by atoms with E-state index in [1.807, 2.05) is 17.0 Å². The van der Waals surface area contributed by atoms with Gasteiger partial charge in [0.15, 0.2) is 0 Å². The largest absolute Gasteiger partial charge is 0.493 e. The van der Waals surface area contributed by atoms with Crippen molar-refractivity contribution in [1.29, 1.82) is 0 Å². The smallest absolute Gasteiger partial charge is 0.227 e. The fraction of sp³-hybridized carbons (Fsp3) is 0.444. The maximum absolute atomic E-state index is 12.9. The predicted octanol–water partition coefficient (Wildman–Crippen LogP) is 1.88. The zero-order valence-corrected chi connectivity index (χ0v) is 13.7. The third kappa shape index (κ3) is 2.78. The summed E-state index contributed by atoms with van der Waals surface area (Å²) in [5, 5.41) is 0. The quantitative estimate of drug-likeness (QED) is 0.931. The molecule has 1 aromatic carbocycles. The molecule has 1 aromatic heterocycles. The average Bonchev–Trinajstić information content (AvgIpc) is 3.33. The Morgan fingerprint density at radius 3 is 3.21 bits per heavy atom. The van der Waals surface area contributed by atoms with E-state index in [2.05, 4.69) is 16.0 Å². The number of rotatable bonds is 4. The van der Waals surface area contributed by atoms with Gasteiger partial charge in [-0.3, -0.25) is 4.79 Å². The molecule has 2 atom stereocenters. The second kappa shape index (κ2) is 6.28. The van der Waals surface area contributed by atoms with Crippen LogP contribution in [0.5, 0.6) is 5.75 Å². The molecule has 2 aromatic rings. The molecule has 0 radical (unpaired) electrons. The summed E-state index contributed by atoms with van der Waals surface area (Å²) < 4.78 is 11.0. The first-order valence-corrected chi connectivity index (χ1v) is 8.30. The van der Waals surface area contributed by atoms with Gasteiger partial charge >= 0.3 is 0 Å². The molecule has 3 heterocycles. The van der Waals surface area contributed by atoms with Crippen LogP contribution in [-0.2, 0) is 22.4 Å². The fourth-order valence-electron chi connectivity index (χ4n) is 3.59. The van der Waals surface area contributed by atoms with Gasteiger partial charge in [0.05, 0.1) is 25.2 Å². The summed E-state index contributed by atoms with van der Waals surface area (Å²) in [6.07, 6.45) is 5.64. The highest BCUT2D eigenvalue weighted by Crippen LogP contribution is 2.32. The van der Waals surface area contributed by atoms with Crippen molar-refractivity contribution in [3.63, 3.8) is 0 Å². The van der Waals surface area contributed by atoms with Crippen LogP contribution in [0, 0.1) is 0 Å². The summed E-state index contributed by atoms with van der Waals surface area (Å²) in [6, 6.07) is 5.99. The van der Waals surface area contributed by atoms with Crippen LogP contribution in [0.3, 0.4) is 0 Å². The van der Waals surface area contributed by atoms with Crippen molar-refractivity contribution in [2.45, 2.75) is 31.4 Å². The molecule has 2 aliphatic heterocycles. The number of imidazole rings is 1. The van der Waals surface area contributed by atoms with Gasteiger partial charge in [-0.1, -0.05) is 12.1 Å². The van der Waals surface area contributed by atoms with E-state index >= 15 is 0 Å². The first-order chi connectivity index (χ1) is 11.7. The lowest BCUT2D eigenvalue weighted by atomic mass is 10.1. The minimum Gasteiger partial charge on any atom is -0.493 e. The standard InChI is InChI=1S/C18H21N3O3/c1-23-14-10-15(18-19-5-6-20-18)21(11-14)17(22)9-12-2-3-16-13(8-12)4-7-24-16/h2-3,5-6,8,14-15H,4,7,9-11H2,1H3,(H,19,20)/t14-,15?/m1/s1. The van der Waals surface area contributed by atoms with Crippen molar-refractivity contribution in [2.75, 3.05) is 20.3 Å². The summed E-state index contributed by atoms with van der Waals surface area (Å²) in [5.41, 5.74) is 2.22. The molecule has 4 rings (SSSR count). The van der Waals surface area contributed by atoms with Gasteiger partial charge in [-0.2, -0.15) is 0 Å². The van der Waals surface area contributed by atoms with Gasteiger partial charge in [0.2, 0.25) is 5.91 Å². The minimum atomic E-state index is -0.0461. The topological polar surface area (TPSA) is 67.5 Å². The number of amides is 1. The van der Waals surface area contributed by atoms with E-state index in [1.54, 1.807) is 19.5 Å². The number of aromatic nitrogens is 2. The Morgan fingerprint density at radius 2 is 2.42 bits per heavy atom. The average molecular weight is 327 g/mol. The number of nitrogens with zero attached hydrogens (tertiary/aromatic N) is 2. The van der Waals surface area contributed by atoms with E-state index in [1.165, 1.54) is 5.56 Å². The number of likely N-dealkylation sites (tertiary alicyclic amines) is 1. The zero-order valence-electron chi connectivity index (χ0n) is 13.7. The summed E-state index contributed by atoms with van der Waals surface area (Å²) in [7, 11) is 1.69. The number of hydrogen-bond acceptors (Lipinski definition) is 4. The Kier molecular flexibility index (Phi) is 3.98. The van der Waals surface area contributed by atoms with Gasteiger partial charge in [0.25, 0.3) is 0 Å². The maximum Gasteiger partial charge on any atom is 0.227 e. The van der Waals surface area contributed by atoms with Crippen molar-refractivity contribution < 1.29 is 14.3 Å². The molecule has 0 saturated carbocycles. The maximum atomic E-state index is 12.9. The van der Waals surface area contributed by atoms with Gasteiger partial charge in [-0.15, -0.1) is 0 Å². The van der Waals surface area contributed by atoms with E-state index in [0.29, 0.717) is 13.0 Å². The summed E-state index contributed by atoms with van der Waals surface area (Å²) >= 11 is 0. The number of carbonyl (C=O) groups excluding carboxylic acids is 1. The van der Waals surface area contributed by atoms with E-state index in [-0.39, 0.29) is 18.1 Å². The molecule has 6 heteroatoms. The number of benzene rings is 1. The van der Waals surface area contributed by atoms with Crippen LogP contribution < -0.4 is 4.74 Å². The molecule has 24 heavy (non-hydrogen) atoms. The van der Waals surface area contributed by atoms with Crippen molar-refractivity contribution in [2.24, 2.45) is 0 Å². The van der Waals surface area contributed by atoms with Crippen LogP contribution >= 0.6 is 0 Å². The van der Waals surface area contributed by atoms with E-state index in [4.69, 9.17) is 9.47 Å². The van der Waals surface area contributed by atoms with Crippen molar-refractivity contribution in [1.82, 2.24) is 14.9 Å². The van der Waals surface area contributed by atoms with Crippen molar-refractivity contribution in [3.05, 3.63) is 47.5 Å². The molecule has 0 bridgehead atoms. The van der Waals surface area contributed by atoms with Crippen LogP contribution in [0.15, 0.2) is 30.6 Å². The Morgan fingerprint density at radius 1 is 1.50 bits per heavy atom. The molecule has 2 aliphatic rings. The van der Waals surface area contributed by atoms with Crippen LogP contribution in [0.4, 0.5) is 0 Å². The van der Waals surface area contributed by atoms with Gasteiger partial charge in [0.1, 0.15) is 11.6 Å². The molecule has 1 saturated heterocycles. The first-order valence-electron chi connectivity index (χ1n) is 8.30. The summed E-state index contributed by atoms with van der Waals surface area (Å²) in [5.74, 6) is 1.88. The van der Waals surface area contributed by atoms with Gasteiger partial charge < -0.3 is 19.4 Å². The molecule has 0 aliphatic carbocycles. The second-order valence-corrected chi connectivity index (χ2v) is 6.35. The molecule has 1 N–H and O–H groups in total. The number of fused-ring (bicyclic) bond motifs is 1. The molecule has 1 fully saturated rings. The van der Waals surface area contributed by atoms with Gasteiger partial charge in [0, 0.05) is 38.9 Å². The number of methoxy groups -OCH3 is 1. The van der Waals surface area contributed by atoms with E-state index in [0.717, 1.165) is 36.6 Å². The lowest BCUT2D eigenvalue weighted by molar-refractivity contribution is -0.131. The Labute approximate surface area is 140 Å². The highest BCUT2D eigenvalue weighted by atomic mass is 16.5. The second-order valence-electron chi connectivity index (χ2n) is 6.35. The van der Waals surface area contributed by atoms with Crippen LogP contribution in [-0.4, -0.2) is 47.1 Å². The molecular formula is C18H21N3O3. The van der Waals surface area contributed by atoms with Crippen LogP contribution in [0.1, 0.15) is 29.4 Å². The van der Waals surface area contributed by atoms with Crippen LogP contribution in [0.2, 0.25) is 0 Å². The van der Waals surface area contributed by atoms with Crippen LogP contribution in [0.25, 0.3) is 0 Å². The minimum absolute atomic E-state index is 0.0461. The lowest BCUT2D eigenvalue weighted by Gasteiger charge is -2.23. The van der Waals surface area contributed by atoms with E-state index in [9.17, 15) is 4.79 Å². The highest BCUT2D eigenvalue weighted by Gasteiger charge is 2.37. The molecular weight excluding hydrogens is 306 g/mol. The SMILES string of the molecule is CO[C@@H]1CC(c2ncc[nH]2)N(C(=O)Cc2ccc3c(c2)CCO3)C1. The first kappa shape index (κ1) is 15.2. The Hall–Kier alpha value is -2.34. The third-order valence-corrected chi connectivity index (χ3v) is 4.86. The molecule has 0 spiro atoms. The molecule has 126 valence electrons. The van der Waals surface area contributed by atoms with E-state index < -0.39 is 0 Å². The normalized spacial score (nSPS) is 22.5. The molecule has 1 unspecified atom stereocenters. The van der Waals surface area contributed by atoms with Crippen molar-refractivity contribution in [3.8, 4) is 5.75 Å². The number of aromatic amines is 1. The highest BCUT2D eigenvalue weighted by molar-refractivity contribution is 5.79. The number of carbonyl (C=O) groups is 1. The Balaban J connectivity index is 1.52. The lowest BCUT2D eigenvalue weighted by Crippen LogP contribution is -2.33. The predicted molar refractivity (Wildman–Crippen MR) is 87.8 cm³/mol. The summed E-state index contributed by atoms with van der Waals surface area (Å²) in [4.78, 5) is 22.2. The number of hydrogen-bond donors (Lipinski definition) is 1. The summed E-state index contributed by atoms with van der Waals surface area (Å²) in [6.45, 7) is 1.34. The van der Waals surface area contributed by atoms with Gasteiger partial charge in [-0.25, -0.2) is 4.98 Å². The third-order valence-electron chi connectivity index (χ3n) is 4.86. The monoisotopic (exact) mass is 327 g/mol. The number of ether oxygens (including phenoxy) is 2.